The molecular weight excluding hydrogens is 286 g/mol. The van der Waals surface area contributed by atoms with Crippen molar-refractivity contribution in [2.45, 2.75) is 11.8 Å². The van der Waals surface area contributed by atoms with E-state index < -0.39 is 10.0 Å². The SMILES string of the molecule is Cc1ccc(S(=O)(=O)N/N=C/C=C/c2cccnc2)cc1. The van der Waals surface area contributed by atoms with Crippen molar-refractivity contribution in [1.29, 1.82) is 0 Å². The largest absolute Gasteiger partial charge is 0.276 e. The molecule has 0 bridgehead atoms. The number of allylic oxidation sites excluding steroid dienone is 1. The number of hydrazone groups is 1. The average molecular weight is 301 g/mol. The Kier molecular flexibility index (Phi) is 4.84. The first-order valence-corrected chi connectivity index (χ1v) is 7.74. The third-order valence-corrected chi connectivity index (χ3v) is 3.88. The summed E-state index contributed by atoms with van der Waals surface area (Å²) < 4.78 is 23.8. The molecule has 21 heavy (non-hydrogen) atoms. The lowest BCUT2D eigenvalue weighted by atomic mass is 10.2. The molecule has 2 rings (SSSR count). The number of benzene rings is 1. The van der Waals surface area contributed by atoms with Gasteiger partial charge >= 0.3 is 0 Å². The first kappa shape index (κ1) is 14.9. The zero-order valence-electron chi connectivity index (χ0n) is 11.5. The van der Waals surface area contributed by atoms with E-state index in [0.717, 1.165) is 11.1 Å². The maximum absolute atomic E-state index is 11.9. The zero-order valence-corrected chi connectivity index (χ0v) is 12.3. The van der Waals surface area contributed by atoms with Crippen molar-refractivity contribution in [3.8, 4) is 0 Å². The smallest absolute Gasteiger partial charge is 0.264 e. The zero-order chi connectivity index (χ0) is 15.1. The van der Waals surface area contributed by atoms with E-state index in [4.69, 9.17) is 0 Å². The van der Waals surface area contributed by atoms with E-state index in [-0.39, 0.29) is 4.90 Å². The quantitative estimate of drug-likeness (QED) is 0.680. The van der Waals surface area contributed by atoms with Gasteiger partial charge in [0, 0.05) is 18.6 Å². The summed E-state index contributed by atoms with van der Waals surface area (Å²) >= 11 is 0. The van der Waals surface area contributed by atoms with Gasteiger partial charge in [-0.05, 0) is 36.8 Å². The predicted octanol–water partition coefficient (Wildman–Crippen LogP) is 2.37. The summed E-state index contributed by atoms with van der Waals surface area (Å²) in [6.45, 7) is 1.89. The van der Waals surface area contributed by atoms with Crippen LogP contribution in [0.5, 0.6) is 0 Å². The minimum atomic E-state index is -3.62. The van der Waals surface area contributed by atoms with Crippen LogP contribution in [-0.4, -0.2) is 19.6 Å². The summed E-state index contributed by atoms with van der Waals surface area (Å²) in [4.78, 5) is 6.30. The number of pyridine rings is 1. The van der Waals surface area contributed by atoms with Crippen molar-refractivity contribution in [3.05, 3.63) is 66.0 Å². The maximum atomic E-state index is 11.9. The number of nitrogens with one attached hydrogen (secondary N) is 1. The van der Waals surface area contributed by atoms with Crippen molar-refractivity contribution in [1.82, 2.24) is 9.82 Å². The number of rotatable bonds is 5. The second kappa shape index (κ2) is 6.81. The van der Waals surface area contributed by atoms with E-state index in [1.165, 1.54) is 6.21 Å². The van der Waals surface area contributed by atoms with Crippen LogP contribution in [0.3, 0.4) is 0 Å². The number of sulfonamides is 1. The van der Waals surface area contributed by atoms with Gasteiger partial charge in [0.2, 0.25) is 0 Å². The molecular formula is C15H15N3O2S. The molecule has 0 radical (unpaired) electrons. The average Bonchev–Trinajstić information content (AvgIpc) is 2.48. The number of hydrogen-bond acceptors (Lipinski definition) is 4. The highest BCUT2D eigenvalue weighted by molar-refractivity contribution is 7.89. The molecule has 0 aliphatic heterocycles. The van der Waals surface area contributed by atoms with E-state index in [1.807, 2.05) is 19.1 Å². The van der Waals surface area contributed by atoms with Crippen LogP contribution in [0.4, 0.5) is 0 Å². The fourth-order valence-corrected chi connectivity index (χ4v) is 2.34. The molecule has 0 saturated carbocycles. The molecule has 6 heteroatoms. The molecule has 1 heterocycles. The van der Waals surface area contributed by atoms with Crippen LogP contribution in [-0.2, 0) is 10.0 Å². The maximum Gasteiger partial charge on any atom is 0.276 e. The third-order valence-electron chi connectivity index (χ3n) is 2.64. The van der Waals surface area contributed by atoms with Crippen molar-refractivity contribution in [3.63, 3.8) is 0 Å². The fraction of sp³-hybridized carbons (Fsp3) is 0.0667. The summed E-state index contributed by atoms with van der Waals surface area (Å²) in [6, 6.07) is 10.3. The summed E-state index contributed by atoms with van der Waals surface area (Å²) in [7, 11) is -3.62. The van der Waals surface area contributed by atoms with Gasteiger partial charge in [0.25, 0.3) is 10.0 Å². The Morgan fingerprint density at radius 1 is 1.19 bits per heavy atom. The lowest BCUT2D eigenvalue weighted by Gasteiger charge is -2.02. The van der Waals surface area contributed by atoms with Crippen molar-refractivity contribution >= 4 is 22.3 Å². The number of nitrogens with zero attached hydrogens (tertiary/aromatic N) is 2. The van der Waals surface area contributed by atoms with Crippen LogP contribution in [0.1, 0.15) is 11.1 Å². The minimum Gasteiger partial charge on any atom is -0.264 e. The van der Waals surface area contributed by atoms with E-state index in [2.05, 4.69) is 14.9 Å². The van der Waals surface area contributed by atoms with Crippen LogP contribution in [0.25, 0.3) is 6.08 Å². The number of hydrogen-bond donors (Lipinski definition) is 1. The van der Waals surface area contributed by atoms with Gasteiger partial charge < -0.3 is 0 Å². The van der Waals surface area contributed by atoms with Gasteiger partial charge in [0.1, 0.15) is 0 Å². The second-order valence-corrected chi connectivity index (χ2v) is 5.99. The summed E-state index contributed by atoms with van der Waals surface area (Å²) in [6.07, 6.45) is 8.16. The third kappa shape index (κ3) is 4.54. The van der Waals surface area contributed by atoms with Gasteiger partial charge in [-0.1, -0.05) is 29.8 Å². The Bertz CT molecular complexity index is 736. The molecule has 1 aromatic carbocycles. The number of aromatic nitrogens is 1. The minimum absolute atomic E-state index is 0.182. The summed E-state index contributed by atoms with van der Waals surface area (Å²) in [5, 5.41) is 3.69. The normalized spacial score (nSPS) is 12.0. The highest BCUT2D eigenvalue weighted by atomic mass is 32.2. The monoisotopic (exact) mass is 301 g/mol. The molecule has 0 unspecified atom stereocenters. The van der Waals surface area contributed by atoms with Gasteiger partial charge in [0.05, 0.1) is 4.90 Å². The highest BCUT2D eigenvalue weighted by Crippen LogP contribution is 2.09. The van der Waals surface area contributed by atoms with Gasteiger partial charge in [-0.15, -0.1) is 0 Å². The van der Waals surface area contributed by atoms with E-state index in [1.54, 1.807) is 48.8 Å². The Labute approximate surface area is 124 Å². The molecule has 5 nitrogen and oxygen atoms in total. The van der Waals surface area contributed by atoms with Gasteiger partial charge in [0.15, 0.2) is 0 Å². The molecule has 0 spiro atoms. The molecule has 1 aromatic heterocycles. The highest BCUT2D eigenvalue weighted by Gasteiger charge is 2.11. The van der Waals surface area contributed by atoms with E-state index >= 15 is 0 Å². The molecule has 2 aromatic rings. The summed E-state index contributed by atoms with van der Waals surface area (Å²) in [5.41, 5.74) is 1.90. The van der Waals surface area contributed by atoms with E-state index in [9.17, 15) is 8.42 Å². The number of aryl methyl sites for hydroxylation is 1. The fourth-order valence-electron chi connectivity index (χ4n) is 1.54. The molecule has 0 atom stereocenters. The first-order chi connectivity index (χ1) is 10.1. The van der Waals surface area contributed by atoms with Crippen LogP contribution in [0.15, 0.2) is 64.9 Å². The molecule has 0 fully saturated rings. The molecule has 0 aliphatic rings. The van der Waals surface area contributed by atoms with Crippen molar-refractivity contribution in [2.24, 2.45) is 5.10 Å². The van der Waals surface area contributed by atoms with Crippen molar-refractivity contribution < 1.29 is 8.42 Å². The molecule has 108 valence electrons. The van der Waals surface area contributed by atoms with Gasteiger partial charge in [-0.2, -0.15) is 13.5 Å². The Morgan fingerprint density at radius 3 is 2.62 bits per heavy atom. The van der Waals surface area contributed by atoms with Gasteiger partial charge in [-0.3, -0.25) is 4.98 Å². The molecule has 0 saturated heterocycles. The topological polar surface area (TPSA) is 71.4 Å². The lowest BCUT2D eigenvalue weighted by molar-refractivity contribution is 0.584. The standard InChI is InChI=1S/C15H15N3O2S/c1-13-6-8-15(9-7-13)21(19,20)18-17-11-3-5-14-4-2-10-16-12-14/h2-12,18H,1H3/b5-3+,17-11+. The molecule has 0 aliphatic carbocycles. The first-order valence-electron chi connectivity index (χ1n) is 6.26. The summed E-state index contributed by atoms with van der Waals surface area (Å²) in [5.74, 6) is 0. The van der Waals surface area contributed by atoms with Crippen LogP contribution >= 0.6 is 0 Å². The van der Waals surface area contributed by atoms with Crippen molar-refractivity contribution in [2.75, 3.05) is 0 Å². The van der Waals surface area contributed by atoms with E-state index in [0.29, 0.717) is 0 Å². The second-order valence-electron chi connectivity index (χ2n) is 4.33. The Balaban J connectivity index is 1.97. The van der Waals surface area contributed by atoms with Crippen LogP contribution in [0.2, 0.25) is 0 Å². The molecule has 0 amide bonds. The van der Waals surface area contributed by atoms with Crippen LogP contribution < -0.4 is 4.83 Å². The molecule has 1 N–H and O–H groups in total. The lowest BCUT2D eigenvalue weighted by Crippen LogP contribution is -2.17. The Morgan fingerprint density at radius 2 is 1.95 bits per heavy atom. The Hall–Kier alpha value is -2.47. The predicted molar refractivity (Wildman–Crippen MR) is 83.3 cm³/mol. The van der Waals surface area contributed by atoms with Crippen LogP contribution in [0, 0.1) is 6.92 Å². The van der Waals surface area contributed by atoms with Gasteiger partial charge in [-0.25, -0.2) is 4.83 Å².